The minimum Gasteiger partial charge on any atom is -0.237 e. The van der Waals surface area contributed by atoms with E-state index in [9.17, 15) is 17.4 Å². The van der Waals surface area contributed by atoms with Crippen molar-refractivity contribution in [3.05, 3.63) is 65.2 Å². The number of hydrogen-bond donors (Lipinski definition) is 1. The van der Waals surface area contributed by atoms with Crippen LogP contribution in [0.4, 0.5) is 13.2 Å². The number of nitrogens with one attached hydrogen (secondary N) is 1. The molecule has 2 aromatic rings. The molecule has 0 aliphatic carbocycles. The second kappa shape index (κ2) is 6.62. The van der Waals surface area contributed by atoms with Crippen LogP contribution in [0.2, 0.25) is 0 Å². The number of halogens is 3. The summed E-state index contributed by atoms with van der Waals surface area (Å²) >= 11 is 0. The Hall–Kier alpha value is -1.66. The normalized spacial score (nSPS) is 14.6. The van der Waals surface area contributed by atoms with Gasteiger partial charge in [-0.15, -0.1) is 0 Å². The molecule has 0 aliphatic heterocycles. The zero-order valence-corrected chi connectivity index (χ0v) is 13.0. The van der Waals surface area contributed by atoms with Crippen molar-refractivity contribution >= 4 is 11.0 Å². The van der Waals surface area contributed by atoms with Gasteiger partial charge in [-0.2, -0.15) is 13.2 Å². The highest BCUT2D eigenvalue weighted by Gasteiger charge is 2.41. The van der Waals surface area contributed by atoms with Crippen molar-refractivity contribution in [1.29, 1.82) is 0 Å². The summed E-state index contributed by atoms with van der Waals surface area (Å²) in [5.74, 6) is 0. The minimum absolute atomic E-state index is 0.0403. The summed E-state index contributed by atoms with van der Waals surface area (Å²) in [5, 5.41) is 0. The van der Waals surface area contributed by atoms with Crippen molar-refractivity contribution in [2.24, 2.45) is 0 Å². The highest BCUT2D eigenvalue weighted by molar-refractivity contribution is 7.83. The second-order valence-electron chi connectivity index (χ2n) is 5.08. The first kappa shape index (κ1) is 16.7. The van der Waals surface area contributed by atoms with Gasteiger partial charge < -0.3 is 0 Å². The van der Waals surface area contributed by atoms with Gasteiger partial charge in [-0.1, -0.05) is 47.5 Å². The van der Waals surface area contributed by atoms with Gasteiger partial charge in [-0.25, -0.2) is 8.93 Å². The minimum atomic E-state index is -4.53. The predicted octanol–water partition coefficient (Wildman–Crippen LogP) is 4.22. The molecular weight excluding hydrogens is 311 g/mol. The molecular formula is C16H16F3NOS. The van der Waals surface area contributed by atoms with E-state index in [-0.39, 0.29) is 5.56 Å². The molecule has 118 valence electrons. The highest BCUT2D eigenvalue weighted by Crippen LogP contribution is 2.33. The number of aryl methyl sites for hydroxylation is 2. The van der Waals surface area contributed by atoms with Crippen molar-refractivity contribution < 1.29 is 17.4 Å². The molecule has 2 rings (SSSR count). The maximum Gasteiger partial charge on any atom is 0.408 e. The second-order valence-corrected chi connectivity index (χ2v) is 6.33. The summed E-state index contributed by atoms with van der Waals surface area (Å²) in [6.45, 7) is 3.65. The average Bonchev–Trinajstić information content (AvgIpc) is 2.45. The molecule has 0 aromatic heterocycles. The lowest BCUT2D eigenvalue weighted by Crippen LogP contribution is -2.35. The Morgan fingerprint density at radius 3 is 1.82 bits per heavy atom. The summed E-state index contributed by atoms with van der Waals surface area (Å²) in [5.41, 5.74) is 1.86. The summed E-state index contributed by atoms with van der Waals surface area (Å²) in [6, 6.07) is 10.6. The molecule has 0 bridgehead atoms. The zero-order valence-electron chi connectivity index (χ0n) is 12.1. The largest absolute Gasteiger partial charge is 0.408 e. The van der Waals surface area contributed by atoms with E-state index >= 15 is 0 Å². The predicted molar refractivity (Wildman–Crippen MR) is 80.7 cm³/mol. The topological polar surface area (TPSA) is 29.1 Å². The maximum atomic E-state index is 13.2. The molecule has 2 nitrogen and oxygen atoms in total. The molecule has 2 atom stereocenters. The number of rotatable bonds is 4. The summed E-state index contributed by atoms with van der Waals surface area (Å²) in [4.78, 5) is 0.312. The van der Waals surface area contributed by atoms with Crippen molar-refractivity contribution in [3.8, 4) is 0 Å². The monoisotopic (exact) mass is 327 g/mol. The molecule has 0 aliphatic rings. The number of benzene rings is 2. The number of hydrogen-bond acceptors (Lipinski definition) is 1. The van der Waals surface area contributed by atoms with E-state index in [1.54, 1.807) is 43.3 Å². The molecule has 2 aromatic carbocycles. The van der Waals surface area contributed by atoms with Gasteiger partial charge in [-0.05, 0) is 31.5 Å². The summed E-state index contributed by atoms with van der Waals surface area (Å²) in [7, 11) is -1.94. The molecule has 6 heteroatoms. The first-order chi connectivity index (χ1) is 10.3. The Morgan fingerprint density at radius 2 is 1.36 bits per heavy atom. The quantitative estimate of drug-likeness (QED) is 0.895. The molecule has 0 unspecified atom stereocenters. The zero-order chi connectivity index (χ0) is 16.3. The third kappa shape index (κ3) is 4.18. The Labute approximate surface area is 130 Å². The molecule has 0 radical (unpaired) electrons. The SMILES string of the molecule is Cc1ccc([C@@H](N[S@@](=O)c2ccc(C)cc2)C(F)(F)F)cc1. The molecule has 0 spiro atoms. The Kier molecular flexibility index (Phi) is 5.03. The van der Waals surface area contributed by atoms with Gasteiger partial charge in [0.15, 0.2) is 0 Å². The van der Waals surface area contributed by atoms with E-state index in [0.29, 0.717) is 4.90 Å². The summed E-state index contributed by atoms with van der Waals surface area (Å²) in [6.07, 6.45) is -4.53. The number of alkyl halides is 3. The molecule has 0 saturated heterocycles. The Morgan fingerprint density at radius 1 is 0.909 bits per heavy atom. The van der Waals surface area contributed by atoms with E-state index in [1.807, 2.05) is 6.92 Å². The van der Waals surface area contributed by atoms with Crippen molar-refractivity contribution in [1.82, 2.24) is 4.72 Å². The van der Waals surface area contributed by atoms with Gasteiger partial charge in [0.05, 0.1) is 4.90 Å². The van der Waals surface area contributed by atoms with E-state index < -0.39 is 23.2 Å². The average molecular weight is 327 g/mol. The lowest BCUT2D eigenvalue weighted by Gasteiger charge is -2.21. The van der Waals surface area contributed by atoms with Crippen LogP contribution in [0.15, 0.2) is 53.4 Å². The fraction of sp³-hybridized carbons (Fsp3) is 0.250. The van der Waals surface area contributed by atoms with Crippen LogP contribution in [0.1, 0.15) is 22.7 Å². The van der Waals surface area contributed by atoms with Gasteiger partial charge in [0, 0.05) is 0 Å². The van der Waals surface area contributed by atoms with Crippen LogP contribution in [-0.2, 0) is 11.0 Å². The van der Waals surface area contributed by atoms with Gasteiger partial charge in [-0.3, -0.25) is 0 Å². The van der Waals surface area contributed by atoms with Crippen LogP contribution in [0.5, 0.6) is 0 Å². The van der Waals surface area contributed by atoms with E-state index in [0.717, 1.165) is 11.1 Å². The van der Waals surface area contributed by atoms with Gasteiger partial charge in [0.25, 0.3) is 0 Å². The van der Waals surface area contributed by atoms with Crippen LogP contribution < -0.4 is 4.72 Å². The fourth-order valence-corrected chi connectivity index (χ4v) is 2.92. The third-order valence-corrected chi connectivity index (χ3v) is 4.35. The smallest absolute Gasteiger partial charge is 0.237 e. The van der Waals surface area contributed by atoms with Crippen LogP contribution in [-0.4, -0.2) is 10.4 Å². The van der Waals surface area contributed by atoms with Gasteiger partial charge >= 0.3 is 6.18 Å². The van der Waals surface area contributed by atoms with Crippen molar-refractivity contribution in [2.45, 2.75) is 31.0 Å². The molecule has 0 heterocycles. The summed E-state index contributed by atoms with van der Waals surface area (Å²) < 4.78 is 54.1. The molecule has 22 heavy (non-hydrogen) atoms. The first-order valence-corrected chi connectivity index (χ1v) is 7.80. The molecule has 0 fully saturated rings. The molecule has 0 saturated carbocycles. The van der Waals surface area contributed by atoms with Gasteiger partial charge in [0.1, 0.15) is 17.0 Å². The maximum absolute atomic E-state index is 13.2. The Bertz CT molecular complexity index is 651. The Balaban J connectivity index is 2.25. The third-order valence-electron chi connectivity index (χ3n) is 3.20. The standard InChI is InChI=1S/C16H16F3NOS/c1-11-3-7-13(8-4-11)15(16(17,18)19)20-22(21)14-9-5-12(2)6-10-14/h3-10,15,20H,1-2H3/t15-,22+/m1/s1. The molecule has 0 amide bonds. The van der Waals surface area contributed by atoms with Crippen LogP contribution in [0, 0.1) is 13.8 Å². The van der Waals surface area contributed by atoms with Crippen molar-refractivity contribution in [2.75, 3.05) is 0 Å². The first-order valence-electron chi connectivity index (χ1n) is 6.65. The van der Waals surface area contributed by atoms with E-state index in [2.05, 4.69) is 4.72 Å². The van der Waals surface area contributed by atoms with E-state index in [4.69, 9.17) is 0 Å². The van der Waals surface area contributed by atoms with Gasteiger partial charge in [0.2, 0.25) is 0 Å². The highest BCUT2D eigenvalue weighted by atomic mass is 32.2. The van der Waals surface area contributed by atoms with E-state index in [1.165, 1.54) is 12.1 Å². The van der Waals surface area contributed by atoms with Crippen molar-refractivity contribution in [3.63, 3.8) is 0 Å². The molecule has 1 N–H and O–H groups in total. The van der Waals surface area contributed by atoms with Crippen LogP contribution >= 0.6 is 0 Å². The fourth-order valence-electron chi connectivity index (χ4n) is 1.92. The lowest BCUT2D eigenvalue weighted by molar-refractivity contribution is -0.152. The lowest BCUT2D eigenvalue weighted by atomic mass is 10.1. The van der Waals surface area contributed by atoms with Crippen LogP contribution in [0.25, 0.3) is 0 Å². The van der Waals surface area contributed by atoms with Crippen LogP contribution in [0.3, 0.4) is 0 Å².